The fourth-order valence-electron chi connectivity index (χ4n) is 1.39. The Morgan fingerprint density at radius 3 is 2.74 bits per heavy atom. The van der Waals surface area contributed by atoms with Gasteiger partial charge in [-0.15, -0.1) is 0 Å². The van der Waals surface area contributed by atoms with E-state index in [0.29, 0.717) is 5.56 Å². The van der Waals surface area contributed by atoms with Gasteiger partial charge in [0.15, 0.2) is 5.82 Å². The van der Waals surface area contributed by atoms with E-state index in [-0.39, 0.29) is 10.8 Å². The van der Waals surface area contributed by atoms with E-state index in [1.54, 1.807) is 6.92 Å². The summed E-state index contributed by atoms with van der Waals surface area (Å²) in [6.45, 7) is 1.65. The third kappa shape index (κ3) is 2.99. The zero-order valence-corrected chi connectivity index (χ0v) is 11.3. The first-order valence-corrected chi connectivity index (χ1v) is 7.02. The molecule has 0 aromatic carbocycles. The number of pyridine rings is 2. The highest BCUT2D eigenvalue weighted by molar-refractivity contribution is 7.92. The molecule has 0 aliphatic heterocycles. The minimum Gasteiger partial charge on any atom is -0.276 e. The quantitative estimate of drug-likeness (QED) is 0.884. The first-order chi connectivity index (χ1) is 8.90. The maximum atomic E-state index is 13.4. The van der Waals surface area contributed by atoms with Gasteiger partial charge in [-0.1, -0.05) is 11.6 Å². The maximum absolute atomic E-state index is 13.4. The molecule has 0 atom stereocenters. The molecule has 0 aliphatic rings. The van der Waals surface area contributed by atoms with E-state index < -0.39 is 20.9 Å². The van der Waals surface area contributed by atoms with Crippen molar-refractivity contribution in [3.05, 3.63) is 47.1 Å². The van der Waals surface area contributed by atoms with Crippen LogP contribution in [-0.2, 0) is 10.0 Å². The van der Waals surface area contributed by atoms with Crippen molar-refractivity contribution >= 4 is 27.3 Å². The van der Waals surface area contributed by atoms with Crippen molar-refractivity contribution in [2.24, 2.45) is 0 Å². The molecule has 8 heteroatoms. The summed E-state index contributed by atoms with van der Waals surface area (Å²) in [7, 11) is -4.10. The number of anilines is 1. The minimum atomic E-state index is -4.10. The lowest BCUT2D eigenvalue weighted by atomic mass is 10.3. The Labute approximate surface area is 114 Å². The largest absolute Gasteiger partial charge is 0.282 e. The Kier molecular flexibility index (Phi) is 3.68. The van der Waals surface area contributed by atoms with E-state index in [1.807, 2.05) is 0 Å². The molecule has 0 aliphatic carbocycles. The summed E-state index contributed by atoms with van der Waals surface area (Å²) in [5.74, 6) is -0.922. The van der Waals surface area contributed by atoms with Crippen LogP contribution in [0.15, 0.2) is 35.6 Å². The van der Waals surface area contributed by atoms with Crippen LogP contribution in [0.5, 0.6) is 0 Å². The summed E-state index contributed by atoms with van der Waals surface area (Å²) in [5.41, 5.74) is 0.786. The first-order valence-electron chi connectivity index (χ1n) is 5.15. The summed E-state index contributed by atoms with van der Waals surface area (Å²) in [5, 5.41) is -0.422. The highest BCUT2D eigenvalue weighted by atomic mass is 35.5. The summed E-state index contributed by atoms with van der Waals surface area (Å²) in [4.78, 5) is 7.29. The second-order valence-electron chi connectivity index (χ2n) is 3.72. The Balaban J connectivity index is 2.40. The summed E-state index contributed by atoms with van der Waals surface area (Å²) < 4.78 is 39.6. The number of hydrogen-bond donors (Lipinski definition) is 1. The van der Waals surface area contributed by atoms with Gasteiger partial charge >= 0.3 is 0 Å². The van der Waals surface area contributed by atoms with Crippen molar-refractivity contribution in [2.75, 3.05) is 4.72 Å². The standard InChI is InChI=1S/C11H9ClFN3O2S/c1-7-5-10(12)15-6-9(7)16-19(17,18)11-8(13)3-2-4-14-11/h2-6,16H,1H3. The molecule has 0 radical (unpaired) electrons. The van der Waals surface area contributed by atoms with Gasteiger partial charge in [-0.3, -0.25) is 4.72 Å². The van der Waals surface area contributed by atoms with Gasteiger partial charge in [-0.2, -0.15) is 8.42 Å². The van der Waals surface area contributed by atoms with Crippen molar-refractivity contribution < 1.29 is 12.8 Å². The number of halogens is 2. The molecule has 0 unspecified atom stereocenters. The molecule has 0 saturated carbocycles. The molecule has 19 heavy (non-hydrogen) atoms. The third-order valence-corrected chi connectivity index (χ3v) is 3.81. The topological polar surface area (TPSA) is 72.0 Å². The maximum Gasteiger partial charge on any atom is 0.282 e. The third-order valence-electron chi connectivity index (χ3n) is 2.30. The molecule has 0 amide bonds. The summed E-state index contributed by atoms with van der Waals surface area (Å²) in [6.07, 6.45) is 2.46. The van der Waals surface area contributed by atoms with Gasteiger partial charge in [0.2, 0.25) is 5.03 Å². The van der Waals surface area contributed by atoms with Crippen molar-refractivity contribution in [3.63, 3.8) is 0 Å². The van der Waals surface area contributed by atoms with Crippen molar-refractivity contribution in [1.29, 1.82) is 0 Å². The molecular weight excluding hydrogens is 293 g/mol. The molecule has 0 fully saturated rings. The molecule has 2 aromatic rings. The fourth-order valence-corrected chi connectivity index (χ4v) is 2.73. The van der Waals surface area contributed by atoms with E-state index in [4.69, 9.17) is 11.6 Å². The van der Waals surface area contributed by atoms with E-state index in [0.717, 1.165) is 6.07 Å². The highest BCUT2D eigenvalue weighted by Gasteiger charge is 2.21. The van der Waals surface area contributed by atoms with Crippen LogP contribution in [0.4, 0.5) is 10.1 Å². The van der Waals surface area contributed by atoms with E-state index in [9.17, 15) is 12.8 Å². The molecule has 2 aromatic heterocycles. The molecule has 0 bridgehead atoms. The van der Waals surface area contributed by atoms with Crippen LogP contribution in [0.2, 0.25) is 5.15 Å². The number of aryl methyl sites for hydroxylation is 1. The monoisotopic (exact) mass is 301 g/mol. The zero-order valence-electron chi connectivity index (χ0n) is 9.76. The van der Waals surface area contributed by atoms with Gasteiger partial charge in [-0.05, 0) is 30.7 Å². The SMILES string of the molecule is Cc1cc(Cl)ncc1NS(=O)(=O)c1ncccc1F. The van der Waals surface area contributed by atoms with E-state index >= 15 is 0 Å². The van der Waals surface area contributed by atoms with Gasteiger partial charge < -0.3 is 0 Å². The lowest BCUT2D eigenvalue weighted by Crippen LogP contribution is -2.17. The average Bonchev–Trinajstić information content (AvgIpc) is 2.33. The number of hydrogen-bond acceptors (Lipinski definition) is 4. The number of rotatable bonds is 3. The van der Waals surface area contributed by atoms with Crippen molar-refractivity contribution in [1.82, 2.24) is 9.97 Å². The Bertz CT molecular complexity index is 722. The van der Waals surface area contributed by atoms with E-state index in [1.165, 1.54) is 24.5 Å². The van der Waals surface area contributed by atoms with Gasteiger partial charge in [0, 0.05) is 6.20 Å². The van der Waals surface area contributed by atoms with Crippen LogP contribution in [0.25, 0.3) is 0 Å². The van der Waals surface area contributed by atoms with Gasteiger partial charge in [0.25, 0.3) is 10.0 Å². The van der Waals surface area contributed by atoms with Crippen molar-refractivity contribution in [3.8, 4) is 0 Å². The predicted octanol–water partition coefficient (Wildman–Crippen LogP) is 2.38. The Morgan fingerprint density at radius 2 is 2.11 bits per heavy atom. The second-order valence-corrected chi connectivity index (χ2v) is 5.70. The predicted molar refractivity (Wildman–Crippen MR) is 69.0 cm³/mol. The lowest BCUT2D eigenvalue weighted by Gasteiger charge is -2.09. The first kappa shape index (κ1) is 13.7. The number of nitrogens with zero attached hydrogens (tertiary/aromatic N) is 2. The highest BCUT2D eigenvalue weighted by Crippen LogP contribution is 2.21. The van der Waals surface area contributed by atoms with Gasteiger partial charge in [0.1, 0.15) is 5.15 Å². The molecule has 2 heterocycles. The Morgan fingerprint density at radius 1 is 1.37 bits per heavy atom. The second kappa shape index (κ2) is 5.10. The molecular formula is C11H9ClFN3O2S. The molecule has 5 nitrogen and oxygen atoms in total. The van der Waals surface area contributed by atoms with Crippen LogP contribution in [-0.4, -0.2) is 18.4 Å². The van der Waals surface area contributed by atoms with Crippen LogP contribution in [0, 0.1) is 12.7 Å². The van der Waals surface area contributed by atoms with Gasteiger partial charge in [0.05, 0.1) is 11.9 Å². The zero-order chi connectivity index (χ0) is 14.0. The molecule has 0 spiro atoms. The molecule has 0 saturated heterocycles. The van der Waals surface area contributed by atoms with Crippen molar-refractivity contribution in [2.45, 2.75) is 11.9 Å². The average molecular weight is 302 g/mol. The fraction of sp³-hybridized carbons (Fsp3) is 0.0909. The summed E-state index contributed by atoms with van der Waals surface area (Å²) >= 11 is 5.67. The van der Waals surface area contributed by atoms with Crippen LogP contribution in [0.1, 0.15) is 5.56 Å². The smallest absolute Gasteiger partial charge is 0.276 e. The lowest BCUT2D eigenvalue weighted by molar-refractivity contribution is 0.557. The van der Waals surface area contributed by atoms with E-state index in [2.05, 4.69) is 14.7 Å². The Hall–Kier alpha value is -1.73. The molecule has 1 N–H and O–H groups in total. The number of sulfonamides is 1. The van der Waals surface area contributed by atoms with Crippen LogP contribution in [0.3, 0.4) is 0 Å². The van der Waals surface area contributed by atoms with Crippen LogP contribution < -0.4 is 4.72 Å². The molecule has 100 valence electrons. The minimum absolute atomic E-state index is 0.217. The number of aromatic nitrogens is 2. The number of nitrogens with one attached hydrogen (secondary N) is 1. The molecule has 2 rings (SSSR count). The van der Waals surface area contributed by atoms with Crippen LogP contribution >= 0.6 is 11.6 Å². The normalized spacial score (nSPS) is 11.3. The summed E-state index contributed by atoms with van der Waals surface area (Å²) in [6, 6.07) is 3.83. The van der Waals surface area contributed by atoms with Gasteiger partial charge in [-0.25, -0.2) is 14.4 Å².